The van der Waals surface area contributed by atoms with E-state index in [9.17, 15) is 4.79 Å². The fourth-order valence-corrected chi connectivity index (χ4v) is 3.94. The maximum absolute atomic E-state index is 12.6. The van der Waals surface area contributed by atoms with Gasteiger partial charge in [-0.25, -0.2) is 0 Å². The minimum absolute atomic E-state index is 0.0432. The Kier molecular flexibility index (Phi) is 6.14. The Morgan fingerprint density at radius 2 is 1.70 bits per heavy atom. The quantitative estimate of drug-likeness (QED) is 0.436. The summed E-state index contributed by atoms with van der Waals surface area (Å²) >= 11 is 0. The first kappa shape index (κ1) is 19.8. The number of nitrogens with one attached hydrogen (secondary N) is 2. The Hall–Kier alpha value is -3.53. The Bertz CT molecular complexity index is 1120. The van der Waals surface area contributed by atoms with Crippen LogP contribution < -0.4 is 10.1 Å². The minimum Gasteiger partial charge on any atom is -0.496 e. The van der Waals surface area contributed by atoms with E-state index in [0.717, 1.165) is 16.8 Å². The molecule has 0 aliphatic heterocycles. The second kappa shape index (κ2) is 9.31. The van der Waals surface area contributed by atoms with E-state index in [0.29, 0.717) is 19.4 Å². The number of carbonyl (C=O) groups excluding carboxylic acids is 1. The van der Waals surface area contributed by atoms with E-state index in [-0.39, 0.29) is 11.8 Å². The zero-order chi connectivity index (χ0) is 20.8. The molecule has 1 atom stereocenters. The van der Waals surface area contributed by atoms with Gasteiger partial charge in [-0.2, -0.15) is 0 Å². The van der Waals surface area contributed by atoms with Crippen LogP contribution in [-0.4, -0.2) is 24.5 Å². The van der Waals surface area contributed by atoms with Gasteiger partial charge in [0.15, 0.2) is 0 Å². The number of aromatic amines is 1. The molecule has 1 unspecified atom stereocenters. The maximum atomic E-state index is 12.6. The molecule has 0 aliphatic carbocycles. The number of amides is 1. The van der Waals surface area contributed by atoms with Crippen molar-refractivity contribution in [3.05, 3.63) is 102 Å². The van der Waals surface area contributed by atoms with Crippen LogP contribution in [-0.2, 0) is 11.2 Å². The van der Waals surface area contributed by atoms with Crippen molar-refractivity contribution in [1.29, 1.82) is 0 Å². The molecule has 3 aromatic carbocycles. The Labute approximate surface area is 176 Å². The van der Waals surface area contributed by atoms with Gasteiger partial charge in [-0.1, -0.05) is 66.7 Å². The van der Waals surface area contributed by atoms with Crippen molar-refractivity contribution in [2.75, 3.05) is 13.7 Å². The maximum Gasteiger partial charge on any atom is 0.220 e. The van der Waals surface area contributed by atoms with Crippen LogP contribution >= 0.6 is 0 Å². The van der Waals surface area contributed by atoms with Gasteiger partial charge in [-0.15, -0.1) is 0 Å². The standard InChI is InChI=1S/C26H26N2O2/c1-30-25-14-8-5-11-20(25)15-16-26(29)28-17-22(19-9-3-2-4-10-19)23-18-27-24-13-7-6-12-21(23)24/h2-14,18,22,27H,15-17H2,1H3,(H,28,29). The van der Waals surface area contributed by atoms with Crippen molar-refractivity contribution in [3.8, 4) is 5.75 Å². The fourth-order valence-electron chi connectivity index (χ4n) is 3.94. The van der Waals surface area contributed by atoms with E-state index in [1.807, 2.05) is 54.6 Å². The third-order valence-electron chi connectivity index (χ3n) is 5.52. The monoisotopic (exact) mass is 398 g/mol. The molecule has 1 amide bonds. The summed E-state index contributed by atoms with van der Waals surface area (Å²) in [7, 11) is 1.66. The molecule has 0 spiro atoms. The third kappa shape index (κ3) is 4.38. The average Bonchev–Trinajstić information content (AvgIpc) is 3.23. The molecule has 0 saturated carbocycles. The molecule has 0 radical (unpaired) electrons. The predicted octanol–water partition coefficient (Wildman–Crippen LogP) is 5.06. The summed E-state index contributed by atoms with van der Waals surface area (Å²) in [4.78, 5) is 16.0. The molecular formula is C26H26N2O2. The lowest BCUT2D eigenvalue weighted by atomic mass is 9.91. The summed E-state index contributed by atoms with van der Waals surface area (Å²) in [5, 5.41) is 4.34. The third-order valence-corrected chi connectivity index (χ3v) is 5.52. The molecule has 0 aliphatic rings. The molecule has 4 heteroatoms. The predicted molar refractivity (Wildman–Crippen MR) is 121 cm³/mol. The first-order valence-corrected chi connectivity index (χ1v) is 10.3. The normalized spacial score (nSPS) is 11.9. The van der Waals surface area contributed by atoms with Crippen LogP contribution in [0.25, 0.3) is 10.9 Å². The Morgan fingerprint density at radius 3 is 2.53 bits per heavy atom. The van der Waals surface area contributed by atoms with Crippen LogP contribution in [0.15, 0.2) is 85.1 Å². The average molecular weight is 399 g/mol. The van der Waals surface area contributed by atoms with Crippen molar-refractivity contribution in [2.45, 2.75) is 18.8 Å². The summed E-state index contributed by atoms with van der Waals surface area (Å²) in [6.45, 7) is 0.552. The van der Waals surface area contributed by atoms with Gasteiger partial charge in [0.1, 0.15) is 5.75 Å². The number of methoxy groups -OCH3 is 1. The molecular weight excluding hydrogens is 372 g/mol. The van der Waals surface area contributed by atoms with Gasteiger partial charge in [-0.05, 0) is 35.2 Å². The highest BCUT2D eigenvalue weighted by atomic mass is 16.5. The van der Waals surface area contributed by atoms with Crippen molar-refractivity contribution < 1.29 is 9.53 Å². The van der Waals surface area contributed by atoms with Crippen molar-refractivity contribution in [2.24, 2.45) is 0 Å². The van der Waals surface area contributed by atoms with Crippen molar-refractivity contribution >= 4 is 16.8 Å². The van der Waals surface area contributed by atoms with E-state index >= 15 is 0 Å². The number of H-pyrrole nitrogens is 1. The summed E-state index contributed by atoms with van der Waals surface area (Å²) in [5.41, 5.74) is 4.54. The number of rotatable bonds is 8. The molecule has 30 heavy (non-hydrogen) atoms. The van der Waals surface area contributed by atoms with Crippen LogP contribution in [0.3, 0.4) is 0 Å². The number of fused-ring (bicyclic) bond motifs is 1. The number of ether oxygens (including phenoxy) is 1. The molecule has 152 valence electrons. The summed E-state index contributed by atoms with van der Waals surface area (Å²) in [6.07, 6.45) is 3.14. The molecule has 0 bridgehead atoms. The Morgan fingerprint density at radius 1 is 0.967 bits per heavy atom. The number of aromatic nitrogens is 1. The van der Waals surface area contributed by atoms with Gasteiger partial charge < -0.3 is 15.0 Å². The van der Waals surface area contributed by atoms with Crippen LogP contribution in [0, 0.1) is 0 Å². The zero-order valence-electron chi connectivity index (χ0n) is 17.1. The topological polar surface area (TPSA) is 54.1 Å². The lowest BCUT2D eigenvalue weighted by Gasteiger charge is -2.18. The van der Waals surface area contributed by atoms with Gasteiger partial charge in [0.2, 0.25) is 5.91 Å². The van der Waals surface area contributed by atoms with E-state index < -0.39 is 0 Å². The SMILES string of the molecule is COc1ccccc1CCC(=O)NCC(c1ccccc1)c1c[nH]c2ccccc12. The highest BCUT2D eigenvalue weighted by Crippen LogP contribution is 2.30. The largest absolute Gasteiger partial charge is 0.496 e. The molecule has 2 N–H and O–H groups in total. The summed E-state index contributed by atoms with van der Waals surface area (Å²) in [5.74, 6) is 0.950. The second-order valence-electron chi connectivity index (χ2n) is 7.37. The Balaban J connectivity index is 1.48. The van der Waals surface area contributed by atoms with Crippen molar-refractivity contribution in [1.82, 2.24) is 10.3 Å². The molecule has 0 saturated heterocycles. The smallest absolute Gasteiger partial charge is 0.220 e. The van der Waals surface area contributed by atoms with Gasteiger partial charge in [0.25, 0.3) is 0 Å². The van der Waals surface area contributed by atoms with Gasteiger partial charge in [0, 0.05) is 36.0 Å². The number of benzene rings is 3. The molecule has 0 fully saturated rings. The van der Waals surface area contributed by atoms with Gasteiger partial charge in [-0.3, -0.25) is 4.79 Å². The lowest BCUT2D eigenvalue weighted by Crippen LogP contribution is -2.29. The number of aryl methyl sites for hydroxylation is 1. The lowest BCUT2D eigenvalue weighted by molar-refractivity contribution is -0.121. The van der Waals surface area contributed by atoms with E-state index in [2.05, 4.69) is 40.8 Å². The number of para-hydroxylation sites is 2. The van der Waals surface area contributed by atoms with Crippen LogP contribution in [0.5, 0.6) is 5.75 Å². The first-order valence-electron chi connectivity index (χ1n) is 10.3. The molecule has 4 rings (SSSR count). The first-order chi connectivity index (χ1) is 14.8. The second-order valence-corrected chi connectivity index (χ2v) is 7.37. The summed E-state index contributed by atoms with van der Waals surface area (Å²) < 4.78 is 5.39. The number of carbonyl (C=O) groups is 1. The molecule has 4 nitrogen and oxygen atoms in total. The number of hydrogen-bond acceptors (Lipinski definition) is 2. The van der Waals surface area contributed by atoms with Gasteiger partial charge in [0.05, 0.1) is 7.11 Å². The highest BCUT2D eigenvalue weighted by Gasteiger charge is 2.19. The number of hydrogen-bond donors (Lipinski definition) is 2. The fraction of sp³-hybridized carbons (Fsp3) is 0.192. The van der Waals surface area contributed by atoms with E-state index in [4.69, 9.17) is 4.74 Å². The van der Waals surface area contributed by atoms with Gasteiger partial charge >= 0.3 is 0 Å². The molecule has 4 aromatic rings. The molecule has 1 aromatic heterocycles. The van der Waals surface area contributed by atoms with Crippen molar-refractivity contribution in [3.63, 3.8) is 0 Å². The van der Waals surface area contributed by atoms with Crippen LogP contribution in [0.4, 0.5) is 0 Å². The molecule has 1 heterocycles. The highest BCUT2D eigenvalue weighted by molar-refractivity contribution is 5.84. The van der Waals surface area contributed by atoms with E-state index in [1.165, 1.54) is 16.5 Å². The van der Waals surface area contributed by atoms with Crippen LogP contribution in [0.1, 0.15) is 29.0 Å². The minimum atomic E-state index is 0.0432. The van der Waals surface area contributed by atoms with E-state index in [1.54, 1.807) is 7.11 Å². The van der Waals surface area contributed by atoms with Crippen LogP contribution in [0.2, 0.25) is 0 Å². The summed E-state index contributed by atoms with van der Waals surface area (Å²) in [6, 6.07) is 26.5. The zero-order valence-corrected chi connectivity index (χ0v) is 17.1.